The lowest BCUT2D eigenvalue weighted by Gasteiger charge is -2.18. The van der Waals surface area contributed by atoms with E-state index in [1.165, 1.54) is 24.3 Å². The van der Waals surface area contributed by atoms with Gasteiger partial charge in [-0.05, 0) is 53.6 Å². The quantitative estimate of drug-likeness (QED) is 0.383. The van der Waals surface area contributed by atoms with Gasteiger partial charge in [0.05, 0.1) is 0 Å². The van der Waals surface area contributed by atoms with Crippen LogP contribution in [0.5, 0.6) is 5.75 Å². The highest BCUT2D eigenvalue weighted by Crippen LogP contribution is 2.31. The predicted molar refractivity (Wildman–Crippen MR) is 119 cm³/mol. The molecule has 0 unspecified atom stereocenters. The van der Waals surface area contributed by atoms with E-state index in [1.54, 1.807) is 0 Å². The summed E-state index contributed by atoms with van der Waals surface area (Å²) in [6.07, 6.45) is 2.00. The number of carbonyl (C=O) groups is 1. The summed E-state index contributed by atoms with van der Waals surface area (Å²) < 4.78 is 19.4. The van der Waals surface area contributed by atoms with Crippen molar-refractivity contribution in [1.82, 2.24) is 10.3 Å². The highest BCUT2D eigenvalue weighted by Gasteiger charge is 2.19. The normalized spacial score (nSPS) is 11.9. The van der Waals surface area contributed by atoms with Gasteiger partial charge in [-0.3, -0.25) is 4.79 Å². The summed E-state index contributed by atoms with van der Waals surface area (Å²) in [6.45, 7) is 0.293. The van der Waals surface area contributed by atoms with Gasteiger partial charge in [-0.25, -0.2) is 4.39 Å². The standard InChI is InChI=1S/C24H20BrFN2O2/c25-17-7-5-16(6-8-17)21(22-14-27-23-4-2-1-3-20(22)23)13-28-24(29)15-30-19-11-9-18(26)10-12-19/h1-12,14,21,27H,13,15H2,(H,28,29)/t21-/m1/s1. The number of amides is 1. The number of halogens is 2. The minimum absolute atomic E-state index is 0.0241. The molecule has 0 saturated carbocycles. The number of nitrogens with one attached hydrogen (secondary N) is 2. The Morgan fingerprint density at radius 3 is 2.53 bits per heavy atom. The summed E-state index contributed by atoms with van der Waals surface area (Å²) in [6, 6.07) is 21.8. The Bertz CT molecular complexity index is 1140. The molecule has 30 heavy (non-hydrogen) atoms. The summed E-state index contributed by atoms with van der Waals surface area (Å²) in [4.78, 5) is 15.7. The first-order chi connectivity index (χ1) is 14.6. The number of aromatic amines is 1. The number of ether oxygens (including phenoxy) is 1. The van der Waals surface area contributed by atoms with Crippen molar-refractivity contribution in [1.29, 1.82) is 0 Å². The molecule has 0 bridgehead atoms. The van der Waals surface area contributed by atoms with Gasteiger partial charge >= 0.3 is 0 Å². The largest absolute Gasteiger partial charge is 0.484 e. The second-order valence-electron chi connectivity index (χ2n) is 6.94. The van der Waals surface area contributed by atoms with Gasteiger partial charge in [0.25, 0.3) is 5.91 Å². The minimum atomic E-state index is -0.345. The van der Waals surface area contributed by atoms with Gasteiger partial charge in [-0.15, -0.1) is 0 Å². The third-order valence-corrected chi connectivity index (χ3v) is 5.48. The molecule has 0 aliphatic heterocycles. The molecule has 6 heteroatoms. The van der Waals surface area contributed by atoms with Crippen LogP contribution in [0.3, 0.4) is 0 Å². The highest BCUT2D eigenvalue weighted by molar-refractivity contribution is 9.10. The van der Waals surface area contributed by atoms with Crippen molar-refractivity contribution in [3.8, 4) is 5.75 Å². The molecule has 2 N–H and O–H groups in total. The number of H-pyrrole nitrogens is 1. The molecule has 4 rings (SSSR count). The van der Waals surface area contributed by atoms with E-state index in [1.807, 2.05) is 36.5 Å². The maximum absolute atomic E-state index is 13.0. The fourth-order valence-electron chi connectivity index (χ4n) is 3.43. The number of para-hydroxylation sites is 1. The van der Waals surface area contributed by atoms with E-state index in [0.29, 0.717) is 12.3 Å². The number of hydrogen-bond donors (Lipinski definition) is 2. The van der Waals surface area contributed by atoms with E-state index in [4.69, 9.17) is 4.74 Å². The average molecular weight is 467 g/mol. The van der Waals surface area contributed by atoms with E-state index in [-0.39, 0.29) is 24.2 Å². The van der Waals surface area contributed by atoms with Gasteiger partial charge < -0.3 is 15.0 Å². The zero-order chi connectivity index (χ0) is 20.9. The van der Waals surface area contributed by atoms with Crippen molar-refractivity contribution in [3.05, 3.63) is 100 Å². The summed E-state index contributed by atoms with van der Waals surface area (Å²) >= 11 is 3.48. The van der Waals surface area contributed by atoms with Gasteiger partial charge in [0.1, 0.15) is 11.6 Å². The summed E-state index contributed by atoms with van der Waals surface area (Å²) in [5, 5.41) is 4.09. The van der Waals surface area contributed by atoms with Crippen molar-refractivity contribution in [2.45, 2.75) is 5.92 Å². The zero-order valence-electron chi connectivity index (χ0n) is 16.1. The molecule has 0 saturated heterocycles. The first-order valence-electron chi connectivity index (χ1n) is 9.57. The fourth-order valence-corrected chi connectivity index (χ4v) is 3.70. The molecular weight excluding hydrogens is 447 g/mol. The number of rotatable bonds is 7. The van der Waals surface area contributed by atoms with Crippen LogP contribution in [0.4, 0.5) is 4.39 Å². The van der Waals surface area contributed by atoms with Crippen LogP contribution in [0.1, 0.15) is 17.0 Å². The topological polar surface area (TPSA) is 54.1 Å². The van der Waals surface area contributed by atoms with Crippen molar-refractivity contribution in [3.63, 3.8) is 0 Å². The molecule has 152 valence electrons. The molecule has 1 aromatic heterocycles. The Morgan fingerprint density at radius 1 is 1.03 bits per heavy atom. The molecular formula is C24H20BrFN2O2. The predicted octanol–water partition coefficient (Wildman–Crippen LogP) is 5.40. The number of carbonyl (C=O) groups excluding carboxylic acids is 1. The second kappa shape index (κ2) is 9.13. The molecule has 0 spiro atoms. The molecule has 4 nitrogen and oxygen atoms in total. The van der Waals surface area contributed by atoms with Crippen LogP contribution in [0.15, 0.2) is 83.5 Å². The fraction of sp³-hybridized carbons (Fsp3) is 0.125. The summed E-state index contributed by atoms with van der Waals surface area (Å²) in [5.41, 5.74) is 3.27. The van der Waals surface area contributed by atoms with Crippen LogP contribution in [-0.4, -0.2) is 24.0 Å². The lowest BCUT2D eigenvalue weighted by atomic mass is 9.91. The second-order valence-corrected chi connectivity index (χ2v) is 7.86. The van der Waals surface area contributed by atoms with Crippen molar-refractivity contribution in [2.24, 2.45) is 0 Å². The van der Waals surface area contributed by atoms with E-state index in [9.17, 15) is 9.18 Å². The van der Waals surface area contributed by atoms with E-state index in [2.05, 4.69) is 44.4 Å². The summed E-state index contributed by atoms with van der Waals surface area (Å²) in [5.74, 6) is -0.152. The zero-order valence-corrected chi connectivity index (χ0v) is 17.7. The Kier molecular flexibility index (Phi) is 6.14. The number of aromatic nitrogens is 1. The molecule has 0 aliphatic rings. The molecule has 0 aliphatic carbocycles. The van der Waals surface area contributed by atoms with E-state index >= 15 is 0 Å². The maximum atomic E-state index is 13.0. The smallest absolute Gasteiger partial charge is 0.257 e. The number of benzene rings is 3. The Balaban J connectivity index is 1.49. The number of hydrogen-bond acceptors (Lipinski definition) is 2. The van der Waals surface area contributed by atoms with Crippen molar-refractivity contribution in [2.75, 3.05) is 13.2 Å². The molecule has 1 atom stereocenters. The Hall–Kier alpha value is -3.12. The number of fused-ring (bicyclic) bond motifs is 1. The lowest BCUT2D eigenvalue weighted by Crippen LogP contribution is -2.32. The van der Waals surface area contributed by atoms with Crippen LogP contribution in [-0.2, 0) is 4.79 Å². The van der Waals surface area contributed by atoms with Crippen LogP contribution < -0.4 is 10.1 Å². The molecule has 4 aromatic rings. The summed E-state index contributed by atoms with van der Waals surface area (Å²) in [7, 11) is 0. The van der Waals surface area contributed by atoms with Crippen molar-refractivity contribution < 1.29 is 13.9 Å². The molecule has 1 heterocycles. The van der Waals surface area contributed by atoms with Gasteiger partial charge in [-0.1, -0.05) is 46.3 Å². The molecule has 0 fully saturated rings. The Labute approximate surface area is 182 Å². The highest BCUT2D eigenvalue weighted by atomic mass is 79.9. The first-order valence-corrected chi connectivity index (χ1v) is 10.4. The van der Waals surface area contributed by atoms with E-state index < -0.39 is 0 Å². The van der Waals surface area contributed by atoms with Gasteiger partial charge in [0.2, 0.25) is 0 Å². The molecule has 1 amide bonds. The van der Waals surface area contributed by atoms with Crippen LogP contribution in [0.25, 0.3) is 10.9 Å². The Morgan fingerprint density at radius 2 is 1.77 bits per heavy atom. The van der Waals surface area contributed by atoms with E-state index in [0.717, 1.165) is 26.5 Å². The van der Waals surface area contributed by atoms with Crippen LogP contribution >= 0.6 is 15.9 Å². The monoisotopic (exact) mass is 466 g/mol. The van der Waals surface area contributed by atoms with Gasteiger partial charge in [0, 0.05) is 34.0 Å². The third-order valence-electron chi connectivity index (χ3n) is 4.96. The third kappa shape index (κ3) is 4.71. The molecule has 3 aromatic carbocycles. The van der Waals surface area contributed by atoms with Gasteiger partial charge in [-0.2, -0.15) is 0 Å². The molecule has 0 radical (unpaired) electrons. The SMILES string of the molecule is O=C(COc1ccc(F)cc1)NC[C@H](c1ccc(Br)cc1)c1c[nH]c2ccccc12. The van der Waals surface area contributed by atoms with Crippen LogP contribution in [0, 0.1) is 5.82 Å². The maximum Gasteiger partial charge on any atom is 0.257 e. The average Bonchev–Trinajstić information content (AvgIpc) is 3.19. The van der Waals surface area contributed by atoms with Crippen LogP contribution in [0.2, 0.25) is 0 Å². The minimum Gasteiger partial charge on any atom is -0.484 e. The van der Waals surface area contributed by atoms with Crippen molar-refractivity contribution >= 4 is 32.7 Å². The first kappa shape index (κ1) is 20.2. The van der Waals surface area contributed by atoms with Gasteiger partial charge in [0.15, 0.2) is 6.61 Å². The lowest BCUT2D eigenvalue weighted by molar-refractivity contribution is -0.123.